The first kappa shape index (κ1) is 9.98. The molecule has 0 spiro atoms. The molecule has 15 heavy (non-hydrogen) atoms. The Hall–Kier alpha value is -1.55. The first-order valence-electron chi connectivity index (χ1n) is 4.47. The highest BCUT2D eigenvalue weighted by molar-refractivity contribution is 6.16. The van der Waals surface area contributed by atoms with Gasteiger partial charge < -0.3 is 0 Å². The van der Waals surface area contributed by atoms with Crippen LogP contribution < -0.4 is 0 Å². The zero-order chi connectivity index (χ0) is 10.7. The smallest absolute Gasteiger partial charge is 0.178 e. The van der Waals surface area contributed by atoms with Crippen LogP contribution in [-0.4, -0.2) is 19.9 Å². The van der Waals surface area contributed by atoms with E-state index in [4.69, 9.17) is 11.6 Å². The van der Waals surface area contributed by atoms with Gasteiger partial charge in [-0.05, 0) is 19.1 Å². The molecule has 0 aliphatic heterocycles. The summed E-state index contributed by atoms with van der Waals surface area (Å²) in [5.74, 6) is 1.66. The summed E-state index contributed by atoms with van der Waals surface area (Å²) in [5.41, 5.74) is 1.51. The molecule has 0 aliphatic carbocycles. The molecule has 0 N–H and O–H groups in total. The molecular formula is C10H9ClN4. The van der Waals surface area contributed by atoms with Crippen LogP contribution in [0.25, 0.3) is 11.5 Å². The van der Waals surface area contributed by atoms with Crippen LogP contribution in [-0.2, 0) is 5.88 Å². The minimum absolute atomic E-state index is 0.375. The van der Waals surface area contributed by atoms with Crippen molar-refractivity contribution in [3.8, 4) is 11.5 Å². The first-order chi connectivity index (χ1) is 7.29. The lowest BCUT2D eigenvalue weighted by molar-refractivity contribution is 1.02. The van der Waals surface area contributed by atoms with Crippen LogP contribution in [0.4, 0.5) is 0 Å². The van der Waals surface area contributed by atoms with Gasteiger partial charge in [0.25, 0.3) is 0 Å². The van der Waals surface area contributed by atoms with Crippen molar-refractivity contribution in [3.05, 3.63) is 36.0 Å². The maximum absolute atomic E-state index is 5.69. The molecule has 0 atom stereocenters. The normalized spacial score (nSPS) is 10.3. The molecule has 76 valence electrons. The third kappa shape index (κ3) is 2.27. The number of rotatable bonds is 2. The fourth-order valence-electron chi connectivity index (χ4n) is 1.17. The lowest BCUT2D eigenvalue weighted by atomic mass is 10.3. The quantitative estimate of drug-likeness (QED) is 0.727. The van der Waals surface area contributed by atoms with Gasteiger partial charge in [-0.2, -0.15) is 0 Å². The highest BCUT2D eigenvalue weighted by Gasteiger charge is 2.03. The Morgan fingerprint density at radius 1 is 1.13 bits per heavy atom. The van der Waals surface area contributed by atoms with Gasteiger partial charge in [0, 0.05) is 12.4 Å². The highest BCUT2D eigenvalue weighted by atomic mass is 35.5. The SMILES string of the molecule is Cc1nccc(-c2nccc(CCl)n2)n1. The largest absolute Gasteiger partial charge is 0.242 e. The van der Waals surface area contributed by atoms with Gasteiger partial charge in [0.15, 0.2) is 5.82 Å². The van der Waals surface area contributed by atoms with Crippen molar-refractivity contribution in [1.82, 2.24) is 19.9 Å². The third-order valence-electron chi connectivity index (χ3n) is 1.86. The Kier molecular flexibility index (Phi) is 2.87. The van der Waals surface area contributed by atoms with E-state index in [0.717, 1.165) is 11.4 Å². The number of aryl methyl sites for hydroxylation is 1. The van der Waals surface area contributed by atoms with E-state index in [1.165, 1.54) is 0 Å². The van der Waals surface area contributed by atoms with E-state index in [1.807, 2.05) is 6.92 Å². The highest BCUT2D eigenvalue weighted by Crippen LogP contribution is 2.11. The number of nitrogens with zero attached hydrogens (tertiary/aromatic N) is 4. The van der Waals surface area contributed by atoms with E-state index in [9.17, 15) is 0 Å². The van der Waals surface area contributed by atoms with Crippen LogP contribution in [0.5, 0.6) is 0 Å². The van der Waals surface area contributed by atoms with E-state index in [2.05, 4.69) is 19.9 Å². The second-order valence-corrected chi connectivity index (χ2v) is 3.26. The van der Waals surface area contributed by atoms with Crippen LogP contribution >= 0.6 is 11.6 Å². The lowest BCUT2D eigenvalue weighted by Gasteiger charge is -2.00. The van der Waals surface area contributed by atoms with E-state index < -0.39 is 0 Å². The van der Waals surface area contributed by atoms with Gasteiger partial charge in [-0.1, -0.05) is 0 Å². The predicted molar refractivity (Wildman–Crippen MR) is 57.4 cm³/mol. The molecule has 2 aromatic heterocycles. The van der Waals surface area contributed by atoms with E-state index in [0.29, 0.717) is 17.5 Å². The topological polar surface area (TPSA) is 51.6 Å². The Labute approximate surface area is 92.4 Å². The van der Waals surface area contributed by atoms with Crippen LogP contribution in [0, 0.1) is 6.92 Å². The summed E-state index contributed by atoms with van der Waals surface area (Å²) in [6.07, 6.45) is 3.37. The number of hydrogen-bond donors (Lipinski definition) is 0. The summed E-state index contributed by atoms with van der Waals surface area (Å²) in [7, 11) is 0. The maximum Gasteiger partial charge on any atom is 0.178 e. The van der Waals surface area contributed by atoms with Crippen LogP contribution in [0.2, 0.25) is 0 Å². The molecule has 0 amide bonds. The molecule has 0 saturated heterocycles. The van der Waals surface area contributed by atoms with Crippen molar-refractivity contribution in [3.63, 3.8) is 0 Å². The average Bonchev–Trinajstić information content (AvgIpc) is 2.29. The van der Waals surface area contributed by atoms with Crippen molar-refractivity contribution < 1.29 is 0 Å². The molecule has 0 unspecified atom stereocenters. The molecular weight excluding hydrogens is 212 g/mol. The summed E-state index contributed by atoms with van der Waals surface area (Å²) in [6, 6.07) is 3.56. The van der Waals surface area contributed by atoms with E-state index in [1.54, 1.807) is 24.5 Å². The lowest BCUT2D eigenvalue weighted by Crippen LogP contribution is -1.96. The van der Waals surface area contributed by atoms with Gasteiger partial charge in [0.05, 0.1) is 11.6 Å². The molecule has 0 fully saturated rings. The van der Waals surface area contributed by atoms with Gasteiger partial charge in [-0.15, -0.1) is 11.6 Å². The van der Waals surface area contributed by atoms with Gasteiger partial charge in [0.1, 0.15) is 11.5 Å². The minimum Gasteiger partial charge on any atom is -0.242 e. The van der Waals surface area contributed by atoms with Crippen molar-refractivity contribution in [2.75, 3.05) is 0 Å². The minimum atomic E-state index is 0.375. The number of halogens is 1. The van der Waals surface area contributed by atoms with E-state index in [-0.39, 0.29) is 0 Å². The fourth-order valence-corrected chi connectivity index (χ4v) is 1.32. The molecule has 0 aromatic carbocycles. The second-order valence-electron chi connectivity index (χ2n) is 2.99. The van der Waals surface area contributed by atoms with Gasteiger partial charge in [0.2, 0.25) is 0 Å². The van der Waals surface area contributed by atoms with Crippen LogP contribution in [0.1, 0.15) is 11.5 Å². The molecule has 2 rings (SSSR count). The molecule has 5 heteroatoms. The number of alkyl halides is 1. The van der Waals surface area contributed by atoms with Gasteiger partial charge in [-0.25, -0.2) is 19.9 Å². The summed E-state index contributed by atoms with van der Waals surface area (Å²) < 4.78 is 0. The molecule has 2 heterocycles. The molecule has 2 aromatic rings. The molecule has 0 radical (unpaired) electrons. The summed E-state index contributed by atoms with van der Waals surface area (Å²) >= 11 is 5.69. The second kappa shape index (κ2) is 4.31. The monoisotopic (exact) mass is 220 g/mol. The third-order valence-corrected chi connectivity index (χ3v) is 2.13. The van der Waals surface area contributed by atoms with Crippen molar-refractivity contribution in [1.29, 1.82) is 0 Å². The molecule has 4 nitrogen and oxygen atoms in total. The zero-order valence-electron chi connectivity index (χ0n) is 8.18. The van der Waals surface area contributed by atoms with Crippen LogP contribution in [0.15, 0.2) is 24.5 Å². The van der Waals surface area contributed by atoms with E-state index >= 15 is 0 Å². The molecule has 0 bridgehead atoms. The van der Waals surface area contributed by atoms with Crippen molar-refractivity contribution in [2.24, 2.45) is 0 Å². The predicted octanol–water partition coefficient (Wildman–Crippen LogP) is 1.98. The standard InChI is InChI=1S/C10H9ClN4/c1-7-12-5-3-9(14-7)10-13-4-2-8(6-11)15-10/h2-5H,6H2,1H3. The first-order valence-corrected chi connectivity index (χ1v) is 5.01. The summed E-state index contributed by atoms with van der Waals surface area (Å²) in [4.78, 5) is 16.7. The summed E-state index contributed by atoms with van der Waals surface area (Å²) in [6.45, 7) is 1.83. The number of hydrogen-bond acceptors (Lipinski definition) is 4. The summed E-state index contributed by atoms with van der Waals surface area (Å²) in [5, 5.41) is 0. The zero-order valence-corrected chi connectivity index (χ0v) is 8.94. The fraction of sp³-hybridized carbons (Fsp3) is 0.200. The Morgan fingerprint density at radius 3 is 2.67 bits per heavy atom. The van der Waals surface area contributed by atoms with Crippen LogP contribution in [0.3, 0.4) is 0 Å². The number of aromatic nitrogens is 4. The Morgan fingerprint density at radius 2 is 1.93 bits per heavy atom. The average molecular weight is 221 g/mol. The van der Waals surface area contributed by atoms with Crippen molar-refractivity contribution >= 4 is 11.6 Å². The van der Waals surface area contributed by atoms with Gasteiger partial charge in [-0.3, -0.25) is 0 Å². The maximum atomic E-state index is 5.69. The molecule has 0 aliphatic rings. The van der Waals surface area contributed by atoms with Gasteiger partial charge >= 0.3 is 0 Å². The molecule has 0 saturated carbocycles. The van der Waals surface area contributed by atoms with Crippen molar-refractivity contribution in [2.45, 2.75) is 12.8 Å². The Balaban J connectivity index is 2.44. The Bertz CT molecular complexity index is 472.